The molecule has 1 N–H and O–H groups in total. The summed E-state index contributed by atoms with van der Waals surface area (Å²) in [5, 5.41) is 4.30. The lowest BCUT2D eigenvalue weighted by molar-refractivity contribution is -0.145. The molecule has 1 saturated heterocycles. The van der Waals surface area contributed by atoms with Crippen LogP contribution in [0, 0.1) is 0 Å². The highest BCUT2D eigenvalue weighted by atomic mass is 32.1. The van der Waals surface area contributed by atoms with Gasteiger partial charge in [-0.05, 0) is 11.4 Å². The lowest BCUT2D eigenvalue weighted by Gasteiger charge is -2.25. The largest absolute Gasteiger partial charge is 0.323 e. The van der Waals surface area contributed by atoms with Gasteiger partial charge in [0, 0.05) is 0 Å². The Hall–Kier alpha value is -2.55. The second-order valence-corrected chi connectivity index (χ2v) is 5.43. The highest BCUT2D eigenvalue weighted by molar-refractivity contribution is 7.16. The van der Waals surface area contributed by atoms with E-state index in [4.69, 9.17) is 0 Å². The fourth-order valence-electron chi connectivity index (χ4n) is 2.07. The Balaban J connectivity index is 1.83. The van der Waals surface area contributed by atoms with Crippen molar-refractivity contribution in [3.05, 3.63) is 28.1 Å². The van der Waals surface area contributed by atoms with Gasteiger partial charge in [0.1, 0.15) is 24.5 Å². The first-order chi connectivity index (χ1) is 10.0. The molecule has 0 radical (unpaired) electrons. The van der Waals surface area contributed by atoms with Crippen molar-refractivity contribution in [3.8, 4) is 0 Å². The number of amides is 3. The molecular formula is C12H10N4O4S. The van der Waals surface area contributed by atoms with E-state index in [2.05, 4.69) is 10.3 Å². The summed E-state index contributed by atoms with van der Waals surface area (Å²) in [6.07, 6.45) is 1.30. The Bertz CT molecular complexity index is 793. The molecule has 0 unspecified atom stereocenters. The van der Waals surface area contributed by atoms with Crippen molar-refractivity contribution in [2.45, 2.75) is 6.54 Å². The van der Waals surface area contributed by atoms with Crippen molar-refractivity contribution in [2.24, 2.45) is 0 Å². The highest BCUT2D eigenvalue weighted by Gasteiger charge is 2.26. The summed E-state index contributed by atoms with van der Waals surface area (Å²) < 4.78 is 1.17. The van der Waals surface area contributed by atoms with Crippen LogP contribution in [0.2, 0.25) is 0 Å². The number of imide groups is 1. The van der Waals surface area contributed by atoms with E-state index in [1.54, 1.807) is 11.4 Å². The van der Waals surface area contributed by atoms with E-state index >= 15 is 0 Å². The molecule has 0 atom stereocenters. The van der Waals surface area contributed by atoms with Crippen molar-refractivity contribution in [1.29, 1.82) is 0 Å². The van der Waals surface area contributed by atoms with Gasteiger partial charge in [0.05, 0.1) is 11.7 Å². The normalized spacial score (nSPS) is 15.3. The Morgan fingerprint density at radius 1 is 1.29 bits per heavy atom. The molecule has 8 nitrogen and oxygen atoms in total. The van der Waals surface area contributed by atoms with Gasteiger partial charge in [-0.1, -0.05) is 0 Å². The minimum absolute atomic E-state index is 0.187. The molecule has 108 valence electrons. The molecule has 1 fully saturated rings. The summed E-state index contributed by atoms with van der Waals surface area (Å²) in [6.45, 7) is -0.626. The number of carbonyl (C=O) groups excluding carboxylic acids is 3. The fourth-order valence-corrected chi connectivity index (χ4v) is 2.79. The molecule has 2 aromatic rings. The number of rotatable bonds is 2. The molecule has 0 aliphatic carbocycles. The number of carbonyl (C=O) groups is 3. The predicted octanol–water partition coefficient (Wildman–Crippen LogP) is -1.06. The average Bonchev–Trinajstić information content (AvgIpc) is 2.90. The Morgan fingerprint density at radius 2 is 2.00 bits per heavy atom. The van der Waals surface area contributed by atoms with Gasteiger partial charge in [-0.15, -0.1) is 11.3 Å². The molecule has 0 spiro atoms. The monoisotopic (exact) mass is 306 g/mol. The molecule has 9 heteroatoms. The van der Waals surface area contributed by atoms with Crippen molar-refractivity contribution in [3.63, 3.8) is 0 Å². The summed E-state index contributed by atoms with van der Waals surface area (Å²) in [6, 6.07) is 1.65. The molecule has 0 bridgehead atoms. The number of fused-ring (bicyclic) bond motifs is 1. The second-order valence-electron chi connectivity index (χ2n) is 4.54. The van der Waals surface area contributed by atoms with Gasteiger partial charge in [0.2, 0.25) is 17.7 Å². The van der Waals surface area contributed by atoms with Gasteiger partial charge in [0.15, 0.2) is 0 Å². The van der Waals surface area contributed by atoms with Gasteiger partial charge in [-0.25, -0.2) is 4.98 Å². The average molecular weight is 306 g/mol. The zero-order valence-corrected chi connectivity index (χ0v) is 11.6. The summed E-state index contributed by atoms with van der Waals surface area (Å²) >= 11 is 1.34. The van der Waals surface area contributed by atoms with E-state index in [1.807, 2.05) is 0 Å². The molecule has 0 saturated carbocycles. The summed E-state index contributed by atoms with van der Waals surface area (Å²) in [4.78, 5) is 52.5. The smallest absolute Gasteiger partial charge is 0.262 e. The lowest BCUT2D eigenvalue weighted by Crippen LogP contribution is -2.54. The van der Waals surface area contributed by atoms with Crippen LogP contribution in [0.4, 0.5) is 0 Å². The van der Waals surface area contributed by atoms with Gasteiger partial charge in [-0.3, -0.25) is 29.1 Å². The van der Waals surface area contributed by atoms with E-state index in [0.29, 0.717) is 10.2 Å². The van der Waals surface area contributed by atoms with Gasteiger partial charge < -0.3 is 4.90 Å². The number of thiophene rings is 1. The fraction of sp³-hybridized carbons (Fsp3) is 0.250. The van der Waals surface area contributed by atoms with Crippen LogP contribution in [0.1, 0.15) is 0 Å². The molecule has 21 heavy (non-hydrogen) atoms. The molecule has 3 amide bonds. The van der Waals surface area contributed by atoms with Gasteiger partial charge in [-0.2, -0.15) is 0 Å². The highest BCUT2D eigenvalue weighted by Crippen LogP contribution is 2.13. The predicted molar refractivity (Wildman–Crippen MR) is 73.6 cm³/mol. The zero-order valence-electron chi connectivity index (χ0n) is 10.7. The minimum Gasteiger partial charge on any atom is -0.323 e. The summed E-state index contributed by atoms with van der Waals surface area (Å²) in [5.41, 5.74) is -0.317. The number of hydrogen-bond donors (Lipinski definition) is 1. The van der Waals surface area contributed by atoms with Gasteiger partial charge in [0.25, 0.3) is 5.56 Å². The van der Waals surface area contributed by atoms with Crippen LogP contribution in [0.5, 0.6) is 0 Å². The standard InChI is InChI=1S/C12H10N4O4S/c17-8-3-15(4-9(18)14-8)10(19)5-16-6-13-11-7(12(16)20)1-2-21-11/h1-2,6H,3-5H2,(H,14,17,18). The number of nitrogens with one attached hydrogen (secondary N) is 1. The molecule has 1 aliphatic heterocycles. The molecule has 3 rings (SSSR count). The van der Waals surface area contributed by atoms with Crippen LogP contribution < -0.4 is 10.9 Å². The van der Waals surface area contributed by atoms with Crippen molar-refractivity contribution in [2.75, 3.05) is 13.1 Å². The zero-order chi connectivity index (χ0) is 15.0. The van der Waals surface area contributed by atoms with Crippen LogP contribution in [0.25, 0.3) is 10.2 Å². The maximum absolute atomic E-state index is 12.1. The van der Waals surface area contributed by atoms with Crippen molar-refractivity contribution < 1.29 is 14.4 Å². The number of nitrogens with zero attached hydrogens (tertiary/aromatic N) is 3. The molecule has 3 heterocycles. The first-order valence-corrected chi connectivity index (χ1v) is 6.95. The molecule has 0 aromatic carbocycles. The van der Waals surface area contributed by atoms with Crippen LogP contribution in [-0.4, -0.2) is 45.3 Å². The van der Waals surface area contributed by atoms with Crippen LogP contribution in [0.3, 0.4) is 0 Å². The van der Waals surface area contributed by atoms with Crippen molar-refractivity contribution >= 4 is 39.3 Å². The Kier molecular flexibility index (Phi) is 3.26. The topological polar surface area (TPSA) is 101 Å². The van der Waals surface area contributed by atoms with E-state index in [-0.39, 0.29) is 25.2 Å². The van der Waals surface area contributed by atoms with Crippen LogP contribution in [-0.2, 0) is 20.9 Å². The van der Waals surface area contributed by atoms with Crippen LogP contribution >= 0.6 is 11.3 Å². The maximum atomic E-state index is 12.1. The van der Waals surface area contributed by atoms with Gasteiger partial charge >= 0.3 is 0 Å². The summed E-state index contributed by atoms with van der Waals surface area (Å²) in [7, 11) is 0. The van der Waals surface area contributed by atoms with Crippen LogP contribution in [0.15, 0.2) is 22.6 Å². The number of hydrogen-bond acceptors (Lipinski definition) is 6. The lowest BCUT2D eigenvalue weighted by atomic mass is 10.3. The summed E-state index contributed by atoms with van der Waals surface area (Å²) in [5.74, 6) is -1.53. The minimum atomic E-state index is -0.529. The number of piperazine rings is 1. The van der Waals surface area contributed by atoms with Crippen molar-refractivity contribution in [1.82, 2.24) is 19.8 Å². The van der Waals surface area contributed by atoms with E-state index in [0.717, 1.165) is 4.90 Å². The van der Waals surface area contributed by atoms with E-state index < -0.39 is 17.7 Å². The Morgan fingerprint density at radius 3 is 2.71 bits per heavy atom. The molecule has 1 aliphatic rings. The first-order valence-electron chi connectivity index (χ1n) is 6.07. The quantitative estimate of drug-likeness (QED) is 0.713. The third kappa shape index (κ3) is 2.55. The Labute approximate surface area is 122 Å². The molecule has 2 aromatic heterocycles. The first kappa shape index (κ1) is 13.4. The number of aromatic nitrogens is 2. The maximum Gasteiger partial charge on any atom is 0.262 e. The third-order valence-electron chi connectivity index (χ3n) is 3.06. The SMILES string of the molecule is O=C1CN(C(=O)Cn2cnc3sccc3c2=O)CC(=O)N1. The van der Waals surface area contributed by atoms with E-state index in [9.17, 15) is 19.2 Å². The van der Waals surface area contributed by atoms with E-state index in [1.165, 1.54) is 22.2 Å². The third-order valence-corrected chi connectivity index (χ3v) is 3.88. The molecular weight excluding hydrogens is 296 g/mol. The second kappa shape index (κ2) is 5.09.